The topological polar surface area (TPSA) is 9.23 Å². The molecule has 0 bridgehead atoms. The fraction of sp³-hybridized carbons (Fsp3) is 1.00. The lowest BCUT2D eigenvalue weighted by Crippen LogP contribution is -2.36. The van der Waals surface area contributed by atoms with Crippen LogP contribution in [-0.4, -0.2) is 21.0 Å². The monoisotopic (exact) mass is 504 g/mol. The third kappa shape index (κ3) is 8.33. The molecule has 206 valence electrons. The summed E-state index contributed by atoms with van der Waals surface area (Å²) < 4.78 is 5.93. The average molecular weight is 505 g/mol. The molecule has 0 heterocycles. The quantitative estimate of drug-likeness (QED) is 0.212. The molecule has 0 spiro atoms. The Balaban J connectivity index is 1.52. The van der Waals surface area contributed by atoms with Crippen LogP contribution in [-0.2, 0) is 4.74 Å². The van der Waals surface area contributed by atoms with Crippen LogP contribution in [0.4, 0.5) is 0 Å². The molecule has 0 aromatic rings. The highest BCUT2D eigenvalue weighted by Gasteiger charge is 2.51. The Bertz CT molecular complexity index is 606. The highest BCUT2D eigenvalue weighted by atomic mass is 28.3. The second-order valence-electron chi connectivity index (χ2n) is 15.8. The van der Waals surface area contributed by atoms with Crippen LogP contribution in [0.2, 0.25) is 18.1 Å². The van der Waals surface area contributed by atoms with Gasteiger partial charge in [-0.3, -0.25) is 0 Å². The smallest absolute Gasteiger partial charge is 0.0598 e. The summed E-state index contributed by atoms with van der Waals surface area (Å²) in [4.78, 5) is 0. The van der Waals surface area contributed by atoms with E-state index in [1.165, 1.54) is 38.5 Å². The van der Waals surface area contributed by atoms with Crippen LogP contribution in [0, 0.1) is 46.8 Å². The van der Waals surface area contributed by atoms with Gasteiger partial charge in [0.05, 0.1) is 5.60 Å². The van der Waals surface area contributed by atoms with Crippen molar-refractivity contribution in [2.45, 2.75) is 156 Å². The van der Waals surface area contributed by atoms with Crippen molar-refractivity contribution in [1.29, 1.82) is 0 Å². The van der Waals surface area contributed by atoms with E-state index in [0.717, 1.165) is 53.6 Å². The summed E-state index contributed by atoms with van der Waals surface area (Å²) in [6.07, 6.45) is 17.9. The van der Waals surface area contributed by atoms with Crippen LogP contribution in [0.25, 0.3) is 0 Å². The summed E-state index contributed by atoms with van der Waals surface area (Å²) >= 11 is 0. The summed E-state index contributed by atoms with van der Waals surface area (Å²) in [5, 5.41) is 0. The van der Waals surface area contributed by atoms with Crippen molar-refractivity contribution in [1.82, 2.24) is 0 Å². The van der Waals surface area contributed by atoms with Gasteiger partial charge in [0.1, 0.15) is 0 Å². The van der Waals surface area contributed by atoms with Gasteiger partial charge in [-0.05, 0) is 118 Å². The molecule has 35 heavy (non-hydrogen) atoms. The molecule has 6 unspecified atom stereocenters. The molecule has 1 nitrogen and oxygen atoms in total. The second kappa shape index (κ2) is 12.8. The minimum Gasteiger partial charge on any atom is -0.376 e. The summed E-state index contributed by atoms with van der Waals surface area (Å²) in [6.45, 7) is 22.8. The van der Waals surface area contributed by atoms with Gasteiger partial charge in [0, 0.05) is 15.4 Å². The van der Waals surface area contributed by atoms with Crippen molar-refractivity contribution >= 4 is 8.80 Å². The van der Waals surface area contributed by atoms with Gasteiger partial charge >= 0.3 is 0 Å². The van der Waals surface area contributed by atoms with Crippen molar-refractivity contribution in [3.63, 3.8) is 0 Å². The zero-order chi connectivity index (χ0) is 25.8. The molecular weight excluding hydrogens is 440 g/mol. The van der Waals surface area contributed by atoms with E-state index in [4.69, 9.17) is 4.74 Å². The maximum absolute atomic E-state index is 5.93. The lowest BCUT2D eigenvalue weighted by molar-refractivity contribution is -0.00471. The predicted molar refractivity (Wildman–Crippen MR) is 158 cm³/mol. The molecule has 3 fully saturated rings. The Hall–Kier alpha value is 0.177. The summed E-state index contributed by atoms with van der Waals surface area (Å²) in [6, 6.07) is 1.60. The minimum atomic E-state index is -0.683. The molecule has 0 radical (unpaired) electrons. The lowest BCUT2D eigenvalue weighted by Gasteiger charge is -2.45. The number of hydrogen-bond donors (Lipinski definition) is 0. The second-order valence-corrected chi connectivity index (χ2v) is 19.1. The highest BCUT2D eigenvalue weighted by Crippen LogP contribution is 2.60. The van der Waals surface area contributed by atoms with Crippen molar-refractivity contribution in [3.05, 3.63) is 0 Å². The van der Waals surface area contributed by atoms with E-state index >= 15 is 0 Å². The third-order valence-electron chi connectivity index (χ3n) is 10.9. The zero-order valence-electron chi connectivity index (χ0n) is 25.5. The highest BCUT2D eigenvalue weighted by molar-refractivity contribution is 6.59. The number of ether oxygens (including phenoxy) is 1. The van der Waals surface area contributed by atoms with Gasteiger partial charge in [-0.1, -0.05) is 79.3 Å². The molecule has 0 amide bonds. The Kier molecular flexibility index (Phi) is 10.9. The van der Waals surface area contributed by atoms with Crippen LogP contribution in [0.3, 0.4) is 0 Å². The average Bonchev–Trinajstić information content (AvgIpc) is 3.17. The van der Waals surface area contributed by atoms with Crippen LogP contribution in [0.15, 0.2) is 0 Å². The maximum Gasteiger partial charge on any atom is 0.0598 e. The van der Waals surface area contributed by atoms with E-state index in [-0.39, 0.29) is 5.60 Å². The third-order valence-corrected chi connectivity index (χ3v) is 14.5. The molecule has 3 rings (SSSR count). The maximum atomic E-state index is 5.93. The predicted octanol–water partition coefficient (Wildman–Crippen LogP) is 10.1. The Morgan fingerprint density at radius 1 is 0.771 bits per heavy atom. The first-order valence-electron chi connectivity index (χ1n) is 16.0. The van der Waals surface area contributed by atoms with Crippen LogP contribution in [0.5, 0.6) is 0 Å². The largest absolute Gasteiger partial charge is 0.376 e. The lowest BCUT2D eigenvalue weighted by atomic mass is 9.61. The van der Waals surface area contributed by atoms with Crippen molar-refractivity contribution in [2.75, 3.05) is 6.61 Å². The minimum absolute atomic E-state index is 0.0239. The van der Waals surface area contributed by atoms with E-state index in [2.05, 4.69) is 61.9 Å². The number of rotatable bonds is 10. The van der Waals surface area contributed by atoms with Gasteiger partial charge < -0.3 is 4.74 Å². The van der Waals surface area contributed by atoms with Crippen LogP contribution >= 0.6 is 0 Å². The van der Waals surface area contributed by atoms with Gasteiger partial charge in [0.25, 0.3) is 0 Å². The molecule has 0 aliphatic heterocycles. The van der Waals surface area contributed by atoms with E-state index in [1.807, 2.05) is 0 Å². The van der Waals surface area contributed by atoms with E-state index in [9.17, 15) is 0 Å². The molecule has 0 aromatic heterocycles. The SMILES string of the molecule is CC(C)C1CC2C(C3CCC(C(C)(C)C)CC3)CCCC2C1[SiH](C)CCCCCCOC(C)(C)C. The molecule has 2 heteroatoms. The molecule has 0 aromatic carbocycles. The van der Waals surface area contributed by atoms with Gasteiger partial charge in [0.2, 0.25) is 0 Å². The standard InChI is InChI=1S/C33H64OSi/c1-24(2)29-23-30-27(25-17-19-26(20-18-25)32(3,4)5)15-14-16-28(30)31(29)35(9)22-13-11-10-12-21-34-33(6,7)8/h24-31,35H,10-23H2,1-9H3. The fourth-order valence-corrected chi connectivity index (χ4v) is 13.1. The fourth-order valence-electron chi connectivity index (χ4n) is 9.00. The molecule has 3 aliphatic carbocycles. The summed E-state index contributed by atoms with van der Waals surface area (Å²) in [5.41, 5.74) is 1.68. The molecule has 0 saturated heterocycles. The van der Waals surface area contributed by atoms with Gasteiger partial charge in [-0.15, -0.1) is 0 Å². The molecule has 0 N–H and O–H groups in total. The first-order valence-corrected chi connectivity index (χ1v) is 18.7. The van der Waals surface area contributed by atoms with Crippen molar-refractivity contribution < 1.29 is 4.74 Å². The van der Waals surface area contributed by atoms with Crippen molar-refractivity contribution in [3.8, 4) is 0 Å². The van der Waals surface area contributed by atoms with Crippen molar-refractivity contribution in [2.24, 2.45) is 46.8 Å². The Labute approximate surface area is 222 Å². The first-order chi connectivity index (χ1) is 16.4. The zero-order valence-corrected chi connectivity index (χ0v) is 26.7. The normalized spacial score (nSPS) is 35.3. The van der Waals surface area contributed by atoms with Gasteiger partial charge in [-0.25, -0.2) is 0 Å². The number of unbranched alkanes of at least 4 members (excludes halogenated alkanes) is 3. The molecular formula is C33H64OSi. The molecule has 3 saturated carbocycles. The number of hydrogen-bond acceptors (Lipinski definition) is 1. The van der Waals surface area contributed by atoms with Gasteiger partial charge in [0.15, 0.2) is 0 Å². The first kappa shape index (κ1) is 29.7. The van der Waals surface area contributed by atoms with Crippen LogP contribution < -0.4 is 0 Å². The van der Waals surface area contributed by atoms with E-state index in [0.29, 0.717) is 5.41 Å². The summed E-state index contributed by atoms with van der Waals surface area (Å²) in [5.74, 6) is 7.21. The number of fused-ring (bicyclic) bond motifs is 1. The Morgan fingerprint density at radius 3 is 2.00 bits per heavy atom. The van der Waals surface area contributed by atoms with Crippen LogP contribution in [0.1, 0.15) is 132 Å². The summed E-state index contributed by atoms with van der Waals surface area (Å²) in [7, 11) is -0.683. The Morgan fingerprint density at radius 2 is 1.40 bits per heavy atom. The van der Waals surface area contributed by atoms with E-state index in [1.54, 1.807) is 44.6 Å². The molecule has 3 aliphatic rings. The molecule has 6 atom stereocenters. The van der Waals surface area contributed by atoms with Gasteiger partial charge in [-0.2, -0.15) is 0 Å². The van der Waals surface area contributed by atoms with E-state index < -0.39 is 8.80 Å².